The molecule has 1 saturated carbocycles. The molecule has 1 aliphatic carbocycles. The van der Waals surface area contributed by atoms with E-state index in [9.17, 15) is 4.79 Å². The van der Waals surface area contributed by atoms with Gasteiger partial charge in [0.2, 0.25) is 5.91 Å². The lowest BCUT2D eigenvalue weighted by Gasteiger charge is -2.11. The SMILES string of the molecule is CC(C)CCCCCCNC(=O)CC1(CS)CC1. The highest BCUT2D eigenvalue weighted by atomic mass is 32.1. The van der Waals surface area contributed by atoms with Crippen LogP contribution in [0.25, 0.3) is 0 Å². The number of hydrogen-bond donors (Lipinski definition) is 2. The maximum Gasteiger partial charge on any atom is 0.220 e. The molecule has 2 nitrogen and oxygen atoms in total. The molecule has 1 aliphatic rings. The number of carbonyl (C=O) groups is 1. The van der Waals surface area contributed by atoms with E-state index in [0.29, 0.717) is 6.42 Å². The monoisotopic (exact) mass is 271 g/mol. The first kappa shape index (κ1) is 15.9. The van der Waals surface area contributed by atoms with Crippen molar-refractivity contribution in [3.63, 3.8) is 0 Å². The van der Waals surface area contributed by atoms with E-state index < -0.39 is 0 Å². The zero-order valence-corrected chi connectivity index (χ0v) is 12.9. The van der Waals surface area contributed by atoms with Crippen LogP contribution in [0.2, 0.25) is 0 Å². The van der Waals surface area contributed by atoms with Crippen LogP contribution in [0.5, 0.6) is 0 Å². The summed E-state index contributed by atoms with van der Waals surface area (Å²) in [4.78, 5) is 11.7. The summed E-state index contributed by atoms with van der Waals surface area (Å²) in [7, 11) is 0. The Kier molecular flexibility index (Phi) is 7.13. The number of thiol groups is 1. The molecule has 1 amide bonds. The Labute approximate surface area is 118 Å². The highest BCUT2D eigenvalue weighted by molar-refractivity contribution is 7.80. The predicted molar refractivity (Wildman–Crippen MR) is 81.1 cm³/mol. The molecular formula is C15H29NOS. The molecule has 0 aromatic carbocycles. The summed E-state index contributed by atoms with van der Waals surface area (Å²) in [6, 6.07) is 0. The van der Waals surface area contributed by atoms with Crippen molar-refractivity contribution in [1.29, 1.82) is 0 Å². The summed E-state index contributed by atoms with van der Waals surface area (Å²) in [6.07, 6.45) is 9.37. The molecular weight excluding hydrogens is 242 g/mol. The highest BCUT2D eigenvalue weighted by Crippen LogP contribution is 2.49. The van der Waals surface area contributed by atoms with E-state index in [2.05, 4.69) is 31.8 Å². The van der Waals surface area contributed by atoms with Crippen molar-refractivity contribution in [3.05, 3.63) is 0 Å². The van der Waals surface area contributed by atoms with Crippen molar-refractivity contribution in [1.82, 2.24) is 5.32 Å². The van der Waals surface area contributed by atoms with E-state index in [4.69, 9.17) is 0 Å². The van der Waals surface area contributed by atoms with Crippen molar-refractivity contribution >= 4 is 18.5 Å². The summed E-state index contributed by atoms with van der Waals surface area (Å²) in [5.41, 5.74) is 0.254. The van der Waals surface area contributed by atoms with Crippen LogP contribution < -0.4 is 5.32 Å². The Balaban J connectivity index is 1.90. The molecule has 1 rings (SSSR count). The minimum Gasteiger partial charge on any atom is -0.356 e. The van der Waals surface area contributed by atoms with E-state index in [0.717, 1.165) is 24.6 Å². The van der Waals surface area contributed by atoms with Gasteiger partial charge in [-0.25, -0.2) is 0 Å². The van der Waals surface area contributed by atoms with Crippen LogP contribution in [0.15, 0.2) is 0 Å². The Morgan fingerprint density at radius 1 is 1.22 bits per heavy atom. The second-order valence-corrected chi connectivity index (χ2v) is 6.60. The van der Waals surface area contributed by atoms with Gasteiger partial charge in [-0.15, -0.1) is 0 Å². The van der Waals surface area contributed by atoms with E-state index in [1.54, 1.807) is 0 Å². The molecule has 0 heterocycles. The minimum absolute atomic E-state index is 0.226. The average molecular weight is 271 g/mol. The van der Waals surface area contributed by atoms with Gasteiger partial charge >= 0.3 is 0 Å². The molecule has 1 fully saturated rings. The maximum absolute atomic E-state index is 11.7. The van der Waals surface area contributed by atoms with E-state index in [1.165, 1.54) is 38.5 Å². The van der Waals surface area contributed by atoms with Crippen LogP contribution in [-0.4, -0.2) is 18.2 Å². The number of nitrogens with one attached hydrogen (secondary N) is 1. The van der Waals surface area contributed by atoms with Gasteiger partial charge in [0.1, 0.15) is 0 Å². The average Bonchev–Trinajstić information content (AvgIpc) is 3.08. The maximum atomic E-state index is 11.7. The fraction of sp³-hybridized carbons (Fsp3) is 0.933. The summed E-state index contributed by atoms with van der Waals surface area (Å²) in [5.74, 6) is 1.90. The molecule has 0 saturated heterocycles. The van der Waals surface area contributed by atoms with Gasteiger partial charge in [-0.1, -0.05) is 39.5 Å². The van der Waals surface area contributed by atoms with Crippen molar-refractivity contribution in [2.45, 2.75) is 65.2 Å². The second-order valence-electron chi connectivity index (χ2n) is 6.28. The molecule has 1 N–H and O–H groups in total. The minimum atomic E-state index is 0.226. The van der Waals surface area contributed by atoms with E-state index in [1.807, 2.05) is 0 Å². The third-order valence-corrected chi connectivity index (χ3v) is 4.53. The normalized spacial score (nSPS) is 16.9. The molecule has 0 atom stereocenters. The summed E-state index contributed by atoms with van der Waals surface area (Å²) >= 11 is 4.32. The molecule has 0 unspecified atom stereocenters. The van der Waals surface area contributed by atoms with Crippen molar-refractivity contribution in [2.75, 3.05) is 12.3 Å². The standard InChI is InChI=1S/C15H29NOS/c1-13(2)7-5-3-4-6-10-16-14(17)11-15(12-18)8-9-15/h13,18H,3-12H2,1-2H3,(H,16,17). The lowest BCUT2D eigenvalue weighted by atomic mass is 10.0. The third kappa shape index (κ3) is 6.67. The highest BCUT2D eigenvalue weighted by Gasteiger charge is 2.42. The zero-order chi connectivity index (χ0) is 13.4. The fourth-order valence-corrected chi connectivity index (χ4v) is 2.66. The predicted octanol–water partition coefficient (Wildman–Crippen LogP) is 3.81. The van der Waals surface area contributed by atoms with E-state index in [-0.39, 0.29) is 11.3 Å². The van der Waals surface area contributed by atoms with Gasteiger partial charge in [0, 0.05) is 13.0 Å². The molecule has 0 bridgehead atoms. The summed E-state index contributed by atoms with van der Waals surface area (Å²) in [6.45, 7) is 5.40. The van der Waals surface area contributed by atoms with Gasteiger partial charge in [0.15, 0.2) is 0 Å². The lowest BCUT2D eigenvalue weighted by molar-refractivity contribution is -0.122. The van der Waals surface area contributed by atoms with Gasteiger partial charge in [-0.3, -0.25) is 4.79 Å². The number of rotatable bonds is 10. The lowest BCUT2D eigenvalue weighted by Crippen LogP contribution is -2.27. The Morgan fingerprint density at radius 3 is 2.44 bits per heavy atom. The zero-order valence-electron chi connectivity index (χ0n) is 12.0. The second kappa shape index (κ2) is 8.08. The first-order valence-electron chi connectivity index (χ1n) is 7.45. The van der Waals surface area contributed by atoms with Crippen LogP contribution >= 0.6 is 12.6 Å². The fourth-order valence-electron chi connectivity index (χ4n) is 2.23. The quantitative estimate of drug-likeness (QED) is 0.459. The van der Waals surface area contributed by atoms with Crippen molar-refractivity contribution in [2.24, 2.45) is 11.3 Å². The van der Waals surface area contributed by atoms with Gasteiger partial charge in [-0.05, 0) is 36.3 Å². The molecule has 0 radical (unpaired) electrons. The van der Waals surface area contributed by atoms with Crippen LogP contribution in [0.4, 0.5) is 0 Å². The number of unbranched alkanes of at least 4 members (excludes halogenated alkanes) is 3. The van der Waals surface area contributed by atoms with Gasteiger partial charge in [-0.2, -0.15) is 12.6 Å². The topological polar surface area (TPSA) is 29.1 Å². The van der Waals surface area contributed by atoms with Crippen molar-refractivity contribution in [3.8, 4) is 0 Å². The van der Waals surface area contributed by atoms with Crippen LogP contribution in [0.3, 0.4) is 0 Å². The van der Waals surface area contributed by atoms with Gasteiger partial charge in [0.25, 0.3) is 0 Å². The van der Waals surface area contributed by atoms with Gasteiger partial charge in [0.05, 0.1) is 0 Å². The Bertz CT molecular complexity index is 249. The number of carbonyl (C=O) groups excluding carboxylic acids is 1. The smallest absolute Gasteiger partial charge is 0.220 e. The third-order valence-electron chi connectivity index (χ3n) is 3.86. The first-order valence-corrected chi connectivity index (χ1v) is 8.09. The molecule has 0 aliphatic heterocycles. The molecule has 18 heavy (non-hydrogen) atoms. The molecule has 0 aromatic rings. The molecule has 3 heteroatoms. The Morgan fingerprint density at radius 2 is 1.89 bits per heavy atom. The van der Waals surface area contributed by atoms with Crippen LogP contribution in [0.1, 0.15) is 65.2 Å². The van der Waals surface area contributed by atoms with Crippen LogP contribution in [0, 0.1) is 11.3 Å². The largest absolute Gasteiger partial charge is 0.356 e. The van der Waals surface area contributed by atoms with Crippen LogP contribution in [-0.2, 0) is 4.79 Å². The molecule has 0 spiro atoms. The first-order chi connectivity index (χ1) is 8.58. The number of hydrogen-bond acceptors (Lipinski definition) is 2. The summed E-state index contributed by atoms with van der Waals surface area (Å²) < 4.78 is 0. The van der Waals surface area contributed by atoms with Crippen molar-refractivity contribution < 1.29 is 4.79 Å². The van der Waals surface area contributed by atoms with E-state index >= 15 is 0 Å². The van der Waals surface area contributed by atoms with Gasteiger partial charge < -0.3 is 5.32 Å². The molecule has 0 aromatic heterocycles. The molecule has 106 valence electrons. The number of amides is 1. The Hall–Kier alpha value is -0.180. The summed E-state index contributed by atoms with van der Waals surface area (Å²) in [5, 5.41) is 3.04.